The van der Waals surface area contributed by atoms with Crippen LogP contribution < -0.4 is 0 Å². The summed E-state index contributed by atoms with van der Waals surface area (Å²) in [5.41, 5.74) is 3.79. The lowest BCUT2D eigenvalue weighted by molar-refractivity contribution is -0.131. The Morgan fingerprint density at radius 3 is 2.64 bits per heavy atom. The summed E-state index contributed by atoms with van der Waals surface area (Å²) >= 11 is 0. The lowest BCUT2D eigenvalue weighted by Crippen LogP contribution is -2.41. The van der Waals surface area contributed by atoms with E-state index in [4.69, 9.17) is 4.98 Å². The summed E-state index contributed by atoms with van der Waals surface area (Å²) in [5.74, 6) is -0.462. The third-order valence-electron chi connectivity index (χ3n) is 6.05. The van der Waals surface area contributed by atoms with Crippen molar-refractivity contribution in [3.63, 3.8) is 0 Å². The van der Waals surface area contributed by atoms with E-state index in [-0.39, 0.29) is 23.8 Å². The Morgan fingerprint density at radius 2 is 2.07 bits per heavy atom. The van der Waals surface area contributed by atoms with Crippen LogP contribution in [0.2, 0.25) is 0 Å². The number of pyridine rings is 1. The lowest BCUT2D eigenvalue weighted by atomic mass is 9.79. The molecule has 1 amide bonds. The number of rotatable bonds is 5. The van der Waals surface area contributed by atoms with Crippen molar-refractivity contribution >= 4 is 17.5 Å². The standard InChI is InChI=1S/C22H31N3O3/c1-6-24(15(5)26)17-9-7-8-16(11-17)20-18(22(27)28)10-14(4)25-12-19(13(2)3)23-21(20)25/h10,12-13,16-17H,6-9,11H2,1-5H3,(H,27,28). The molecular formula is C22H31N3O3. The maximum Gasteiger partial charge on any atom is 0.336 e. The third-order valence-corrected chi connectivity index (χ3v) is 6.05. The van der Waals surface area contributed by atoms with Crippen LogP contribution in [0.15, 0.2) is 12.3 Å². The van der Waals surface area contributed by atoms with Gasteiger partial charge in [-0.3, -0.25) is 4.79 Å². The molecule has 1 fully saturated rings. The summed E-state index contributed by atoms with van der Waals surface area (Å²) in [7, 11) is 0. The minimum absolute atomic E-state index is 0.0866. The average molecular weight is 386 g/mol. The molecule has 0 bridgehead atoms. The first-order valence-corrected chi connectivity index (χ1v) is 10.3. The van der Waals surface area contributed by atoms with Crippen molar-refractivity contribution in [1.82, 2.24) is 14.3 Å². The normalized spacial score (nSPS) is 19.9. The van der Waals surface area contributed by atoms with E-state index in [0.717, 1.165) is 48.3 Å². The average Bonchev–Trinajstić information content (AvgIpc) is 3.08. The number of fused-ring (bicyclic) bond motifs is 1. The number of hydrogen-bond donors (Lipinski definition) is 1. The minimum Gasteiger partial charge on any atom is -0.478 e. The molecule has 2 aromatic rings. The second-order valence-electron chi connectivity index (χ2n) is 8.25. The van der Waals surface area contributed by atoms with Gasteiger partial charge < -0.3 is 14.4 Å². The minimum atomic E-state index is -0.907. The molecule has 0 aliphatic heterocycles. The number of aromatic carboxylic acids is 1. The first-order valence-electron chi connectivity index (χ1n) is 10.3. The first-order chi connectivity index (χ1) is 13.2. The molecule has 28 heavy (non-hydrogen) atoms. The van der Waals surface area contributed by atoms with Gasteiger partial charge in [0.05, 0.1) is 11.3 Å². The van der Waals surface area contributed by atoms with Gasteiger partial charge in [0, 0.05) is 37.0 Å². The highest BCUT2D eigenvalue weighted by Gasteiger charge is 2.32. The second kappa shape index (κ2) is 7.94. The molecule has 152 valence electrons. The van der Waals surface area contributed by atoms with Gasteiger partial charge in [0.15, 0.2) is 0 Å². The van der Waals surface area contributed by atoms with E-state index < -0.39 is 5.97 Å². The van der Waals surface area contributed by atoms with Crippen LogP contribution in [0.5, 0.6) is 0 Å². The van der Waals surface area contributed by atoms with Crippen LogP contribution in [0.3, 0.4) is 0 Å². The Kier molecular flexibility index (Phi) is 5.77. The molecule has 0 radical (unpaired) electrons. The van der Waals surface area contributed by atoms with E-state index in [9.17, 15) is 14.7 Å². The molecule has 6 nitrogen and oxygen atoms in total. The first kappa shape index (κ1) is 20.4. The molecule has 6 heteroatoms. The zero-order chi connectivity index (χ0) is 20.6. The van der Waals surface area contributed by atoms with Crippen molar-refractivity contribution < 1.29 is 14.7 Å². The van der Waals surface area contributed by atoms with Crippen LogP contribution in [-0.4, -0.2) is 43.9 Å². The smallest absolute Gasteiger partial charge is 0.336 e. The van der Waals surface area contributed by atoms with Crippen LogP contribution >= 0.6 is 0 Å². The Hall–Kier alpha value is -2.37. The van der Waals surface area contributed by atoms with Crippen LogP contribution in [-0.2, 0) is 4.79 Å². The number of carboxylic acids is 1. The van der Waals surface area contributed by atoms with Crippen LogP contribution in [0, 0.1) is 6.92 Å². The number of carbonyl (C=O) groups excluding carboxylic acids is 1. The Balaban J connectivity index is 2.12. The zero-order valence-corrected chi connectivity index (χ0v) is 17.5. The van der Waals surface area contributed by atoms with Gasteiger partial charge in [0.2, 0.25) is 5.91 Å². The van der Waals surface area contributed by atoms with Crippen LogP contribution in [0.1, 0.15) is 92.5 Å². The summed E-state index contributed by atoms with van der Waals surface area (Å²) in [5, 5.41) is 9.90. The van der Waals surface area contributed by atoms with Gasteiger partial charge in [-0.05, 0) is 51.0 Å². The quantitative estimate of drug-likeness (QED) is 0.830. The molecule has 1 saturated carbocycles. The summed E-state index contributed by atoms with van der Waals surface area (Å²) in [6, 6.07) is 1.92. The van der Waals surface area contributed by atoms with E-state index >= 15 is 0 Å². The molecule has 1 aliphatic rings. The number of nitrogens with zero attached hydrogens (tertiary/aromatic N) is 3. The van der Waals surface area contributed by atoms with E-state index in [1.807, 2.05) is 29.3 Å². The number of amides is 1. The monoisotopic (exact) mass is 385 g/mol. The summed E-state index contributed by atoms with van der Waals surface area (Å²) in [6.07, 6.45) is 5.69. The number of carboxylic acid groups (broad SMARTS) is 1. The van der Waals surface area contributed by atoms with Gasteiger partial charge in [-0.1, -0.05) is 20.3 Å². The molecule has 0 saturated heterocycles. The molecule has 2 heterocycles. The SMILES string of the molecule is CCN(C(C)=O)C1CCCC(c2c(C(=O)O)cc(C)n3cc(C(C)C)nc23)C1. The van der Waals surface area contributed by atoms with Gasteiger partial charge in [0.25, 0.3) is 0 Å². The van der Waals surface area contributed by atoms with Crippen molar-refractivity contribution in [3.05, 3.63) is 34.8 Å². The highest BCUT2D eigenvalue weighted by molar-refractivity contribution is 5.92. The third kappa shape index (κ3) is 3.64. The fourth-order valence-electron chi connectivity index (χ4n) is 4.64. The second-order valence-corrected chi connectivity index (χ2v) is 8.25. The molecule has 0 aromatic carbocycles. The zero-order valence-electron chi connectivity index (χ0n) is 17.5. The molecule has 1 aliphatic carbocycles. The molecule has 3 rings (SSSR count). The Labute approximate surface area is 166 Å². The van der Waals surface area contributed by atoms with Gasteiger partial charge in [-0.25, -0.2) is 9.78 Å². The number of aromatic nitrogens is 2. The summed E-state index contributed by atoms with van der Waals surface area (Å²) in [4.78, 5) is 30.9. The highest BCUT2D eigenvalue weighted by Crippen LogP contribution is 2.39. The number of imidazole rings is 1. The van der Waals surface area contributed by atoms with E-state index in [1.165, 1.54) is 0 Å². The maximum atomic E-state index is 12.1. The van der Waals surface area contributed by atoms with Crippen molar-refractivity contribution in [3.8, 4) is 0 Å². The molecule has 2 atom stereocenters. The number of carbonyl (C=O) groups is 2. The van der Waals surface area contributed by atoms with Crippen molar-refractivity contribution in [2.75, 3.05) is 6.54 Å². The Morgan fingerprint density at radius 1 is 1.36 bits per heavy atom. The molecule has 1 N–H and O–H groups in total. The fraction of sp³-hybridized carbons (Fsp3) is 0.591. The predicted molar refractivity (Wildman–Crippen MR) is 109 cm³/mol. The molecule has 2 aromatic heterocycles. The van der Waals surface area contributed by atoms with Gasteiger partial charge >= 0.3 is 5.97 Å². The van der Waals surface area contributed by atoms with E-state index in [2.05, 4.69) is 13.8 Å². The molecule has 0 spiro atoms. The van der Waals surface area contributed by atoms with Crippen LogP contribution in [0.4, 0.5) is 0 Å². The van der Waals surface area contributed by atoms with Gasteiger partial charge in [-0.2, -0.15) is 0 Å². The Bertz CT molecular complexity index is 900. The number of hydrogen-bond acceptors (Lipinski definition) is 3. The summed E-state index contributed by atoms with van der Waals surface area (Å²) in [6.45, 7) is 10.4. The highest BCUT2D eigenvalue weighted by atomic mass is 16.4. The summed E-state index contributed by atoms with van der Waals surface area (Å²) < 4.78 is 2.03. The molecule has 2 unspecified atom stereocenters. The van der Waals surface area contributed by atoms with Gasteiger partial charge in [0.1, 0.15) is 5.65 Å². The van der Waals surface area contributed by atoms with Crippen molar-refractivity contribution in [2.45, 2.75) is 78.2 Å². The van der Waals surface area contributed by atoms with E-state index in [0.29, 0.717) is 12.1 Å². The van der Waals surface area contributed by atoms with E-state index in [1.54, 1.807) is 13.0 Å². The fourth-order valence-corrected chi connectivity index (χ4v) is 4.64. The lowest BCUT2D eigenvalue weighted by Gasteiger charge is -2.37. The van der Waals surface area contributed by atoms with Gasteiger partial charge in [-0.15, -0.1) is 0 Å². The predicted octanol–water partition coefficient (Wildman–Crippen LogP) is 4.36. The number of aryl methyl sites for hydroxylation is 1. The largest absolute Gasteiger partial charge is 0.478 e. The van der Waals surface area contributed by atoms with Crippen LogP contribution in [0.25, 0.3) is 5.65 Å². The molecular weight excluding hydrogens is 354 g/mol. The maximum absolute atomic E-state index is 12.1. The van der Waals surface area contributed by atoms with Crippen molar-refractivity contribution in [1.29, 1.82) is 0 Å². The topological polar surface area (TPSA) is 74.9 Å². The van der Waals surface area contributed by atoms with Crippen molar-refractivity contribution in [2.24, 2.45) is 0 Å².